The van der Waals surface area contributed by atoms with Crippen molar-refractivity contribution in [1.29, 1.82) is 0 Å². The molecule has 3 nitrogen and oxygen atoms in total. The van der Waals surface area contributed by atoms with Gasteiger partial charge in [-0.25, -0.2) is 9.37 Å². The summed E-state index contributed by atoms with van der Waals surface area (Å²) in [5.41, 5.74) is 3.20. The van der Waals surface area contributed by atoms with Gasteiger partial charge in [0, 0.05) is 35.5 Å². The number of hydrogen-bond donors (Lipinski definition) is 1. The summed E-state index contributed by atoms with van der Waals surface area (Å²) in [6.45, 7) is 0. The second kappa shape index (κ2) is 4.38. The van der Waals surface area contributed by atoms with Gasteiger partial charge in [0.05, 0.1) is 22.2 Å². The van der Waals surface area contributed by atoms with Gasteiger partial charge in [0.2, 0.25) is 0 Å². The number of hydrogen-bond acceptors (Lipinski definition) is 3. The van der Waals surface area contributed by atoms with Crippen molar-refractivity contribution in [3.8, 4) is 0 Å². The molecule has 0 aliphatic heterocycles. The zero-order chi connectivity index (χ0) is 14.4. The molecule has 0 spiro atoms. The summed E-state index contributed by atoms with van der Waals surface area (Å²) < 4.78 is 13.5. The van der Waals surface area contributed by atoms with E-state index in [2.05, 4.69) is 15.3 Å². The van der Waals surface area contributed by atoms with Crippen LogP contribution in [0.3, 0.4) is 0 Å². The molecule has 0 aliphatic rings. The molecule has 0 bridgehead atoms. The quantitative estimate of drug-likeness (QED) is 0.420. The number of halogens is 1. The van der Waals surface area contributed by atoms with Crippen LogP contribution in [0.1, 0.15) is 0 Å². The first-order chi connectivity index (χ1) is 10.3. The van der Waals surface area contributed by atoms with Crippen LogP contribution in [0.4, 0.5) is 10.1 Å². The van der Waals surface area contributed by atoms with E-state index in [0.29, 0.717) is 5.52 Å². The van der Waals surface area contributed by atoms with E-state index in [0.717, 1.165) is 32.9 Å². The molecular formula is C17H12FN3. The van der Waals surface area contributed by atoms with E-state index < -0.39 is 0 Å². The molecule has 2 aromatic carbocycles. The Morgan fingerprint density at radius 2 is 1.86 bits per heavy atom. The molecule has 4 rings (SSSR count). The Bertz CT molecular complexity index is 995. The highest BCUT2D eigenvalue weighted by Crippen LogP contribution is 2.33. The maximum absolute atomic E-state index is 13.5. The van der Waals surface area contributed by atoms with E-state index in [-0.39, 0.29) is 5.82 Å². The number of nitrogens with zero attached hydrogens (tertiary/aromatic N) is 2. The van der Waals surface area contributed by atoms with Crippen LogP contribution in [0.2, 0.25) is 0 Å². The summed E-state index contributed by atoms with van der Waals surface area (Å²) in [5.74, 6) is -0.287. The van der Waals surface area contributed by atoms with Gasteiger partial charge in [-0.05, 0) is 24.3 Å². The van der Waals surface area contributed by atoms with Crippen LogP contribution in [0.5, 0.6) is 0 Å². The SMILES string of the molecule is CNc1c2ccc(F)cc2nc2c1ccc1cccnc12. The number of benzene rings is 2. The van der Waals surface area contributed by atoms with Crippen LogP contribution in [0.25, 0.3) is 32.7 Å². The first-order valence-corrected chi connectivity index (χ1v) is 6.72. The zero-order valence-corrected chi connectivity index (χ0v) is 11.4. The highest BCUT2D eigenvalue weighted by Gasteiger charge is 2.11. The molecule has 2 aromatic heterocycles. The molecule has 4 heteroatoms. The van der Waals surface area contributed by atoms with Gasteiger partial charge in [-0.2, -0.15) is 0 Å². The lowest BCUT2D eigenvalue weighted by atomic mass is 10.1. The topological polar surface area (TPSA) is 37.8 Å². The molecule has 0 amide bonds. The third kappa shape index (κ3) is 1.72. The fourth-order valence-electron chi connectivity index (χ4n) is 2.79. The summed E-state index contributed by atoms with van der Waals surface area (Å²) in [5, 5.41) is 6.12. The van der Waals surface area contributed by atoms with E-state index in [9.17, 15) is 4.39 Å². The minimum absolute atomic E-state index is 0.287. The van der Waals surface area contributed by atoms with Crippen molar-refractivity contribution in [3.63, 3.8) is 0 Å². The molecular weight excluding hydrogens is 265 g/mol. The van der Waals surface area contributed by atoms with Gasteiger partial charge in [0.15, 0.2) is 0 Å². The smallest absolute Gasteiger partial charge is 0.125 e. The molecule has 0 fully saturated rings. The zero-order valence-electron chi connectivity index (χ0n) is 11.4. The number of anilines is 1. The molecule has 0 saturated carbocycles. The first kappa shape index (κ1) is 12.0. The molecule has 21 heavy (non-hydrogen) atoms. The van der Waals surface area contributed by atoms with E-state index >= 15 is 0 Å². The minimum Gasteiger partial charge on any atom is -0.387 e. The highest BCUT2D eigenvalue weighted by atomic mass is 19.1. The second-order valence-electron chi connectivity index (χ2n) is 4.94. The normalized spacial score (nSPS) is 11.3. The largest absolute Gasteiger partial charge is 0.387 e. The van der Waals surface area contributed by atoms with Crippen molar-refractivity contribution in [2.75, 3.05) is 12.4 Å². The molecule has 0 atom stereocenters. The van der Waals surface area contributed by atoms with Gasteiger partial charge in [-0.1, -0.05) is 12.1 Å². The third-order valence-electron chi connectivity index (χ3n) is 3.73. The van der Waals surface area contributed by atoms with Crippen LogP contribution in [0, 0.1) is 5.82 Å². The van der Waals surface area contributed by atoms with Crippen molar-refractivity contribution in [1.82, 2.24) is 9.97 Å². The van der Waals surface area contributed by atoms with Crippen molar-refractivity contribution in [3.05, 3.63) is 54.5 Å². The maximum atomic E-state index is 13.5. The lowest BCUT2D eigenvalue weighted by molar-refractivity contribution is 0.629. The van der Waals surface area contributed by atoms with E-state index in [1.54, 1.807) is 12.3 Å². The first-order valence-electron chi connectivity index (χ1n) is 6.72. The number of nitrogens with one attached hydrogen (secondary N) is 1. The van der Waals surface area contributed by atoms with Crippen molar-refractivity contribution in [2.45, 2.75) is 0 Å². The van der Waals surface area contributed by atoms with E-state index in [1.807, 2.05) is 31.3 Å². The van der Waals surface area contributed by atoms with Crippen molar-refractivity contribution < 1.29 is 4.39 Å². The average Bonchev–Trinajstić information content (AvgIpc) is 2.52. The molecule has 0 unspecified atom stereocenters. The summed E-state index contributed by atoms with van der Waals surface area (Å²) in [4.78, 5) is 9.06. The monoisotopic (exact) mass is 277 g/mol. The lowest BCUT2D eigenvalue weighted by Gasteiger charge is -2.11. The standard InChI is InChI=1S/C17H12FN3/c1-19-16-12-7-5-11(18)9-14(12)21-17-13(16)6-4-10-3-2-8-20-15(10)17/h2-9H,1H3,(H,19,21). The maximum Gasteiger partial charge on any atom is 0.125 e. The number of rotatable bonds is 1. The molecule has 0 radical (unpaired) electrons. The molecule has 102 valence electrons. The lowest BCUT2D eigenvalue weighted by Crippen LogP contribution is -1.95. The number of fused-ring (bicyclic) bond motifs is 4. The molecule has 2 heterocycles. The molecule has 4 aromatic rings. The Morgan fingerprint density at radius 1 is 1.00 bits per heavy atom. The van der Waals surface area contributed by atoms with E-state index in [4.69, 9.17) is 0 Å². The van der Waals surface area contributed by atoms with Gasteiger partial charge in [0.25, 0.3) is 0 Å². The van der Waals surface area contributed by atoms with Gasteiger partial charge in [0.1, 0.15) is 5.82 Å². The van der Waals surface area contributed by atoms with Crippen LogP contribution in [0.15, 0.2) is 48.7 Å². The molecule has 0 aliphatic carbocycles. The summed E-state index contributed by atoms with van der Waals surface area (Å²) in [6, 6.07) is 12.6. The molecule has 1 N–H and O–H groups in total. The summed E-state index contributed by atoms with van der Waals surface area (Å²) >= 11 is 0. The Balaban J connectivity index is 2.28. The fraction of sp³-hybridized carbons (Fsp3) is 0.0588. The average molecular weight is 277 g/mol. The minimum atomic E-state index is -0.287. The van der Waals surface area contributed by atoms with E-state index in [1.165, 1.54) is 12.1 Å². The Kier molecular flexibility index (Phi) is 2.51. The number of pyridine rings is 2. The molecule has 0 saturated heterocycles. The van der Waals surface area contributed by atoms with Crippen molar-refractivity contribution in [2.24, 2.45) is 0 Å². The van der Waals surface area contributed by atoms with Gasteiger partial charge >= 0.3 is 0 Å². The van der Waals surface area contributed by atoms with Crippen molar-refractivity contribution >= 4 is 38.4 Å². The van der Waals surface area contributed by atoms with Crippen LogP contribution >= 0.6 is 0 Å². The fourth-order valence-corrected chi connectivity index (χ4v) is 2.79. The predicted octanol–water partition coefficient (Wildman–Crippen LogP) is 4.12. The summed E-state index contributed by atoms with van der Waals surface area (Å²) in [6.07, 6.45) is 1.75. The summed E-state index contributed by atoms with van der Waals surface area (Å²) in [7, 11) is 1.86. The predicted molar refractivity (Wildman–Crippen MR) is 84.1 cm³/mol. The van der Waals surface area contributed by atoms with Crippen LogP contribution < -0.4 is 5.32 Å². The van der Waals surface area contributed by atoms with Crippen LogP contribution in [-0.4, -0.2) is 17.0 Å². The Labute approximate surface area is 120 Å². The van der Waals surface area contributed by atoms with Crippen LogP contribution in [-0.2, 0) is 0 Å². The Hall–Kier alpha value is -2.75. The second-order valence-corrected chi connectivity index (χ2v) is 4.94. The number of aromatic nitrogens is 2. The van der Waals surface area contributed by atoms with Gasteiger partial charge in [-0.15, -0.1) is 0 Å². The third-order valence-corrected chi connectivity index (χ3v) is 3.73. The van der Waals surface area contributed by atoms with Gasteiger partial charge in [-0.3, -0.25) is 4.98 Å². The Morgan fingerprint density at radius 3 is 2.71 bits per heavy atom. The van der Waals surface area contributed by atoms with Gasteiger partial charge < -0.3 is 5.32 Å². The highest BCUT2D eigenvalue weighted by molar-refractivity contribution is 6.14.